The smallest absolute Gasteiger partial charge is 0.328 e. The van der Waals surface area contributed by atoms with Gasteiger partial charge >= 0.3 is 6.18 Å². The first-order valence-electron chi connectivity index (χ1n) is 5.41. The van der Waals surface area contributed by atoms with E-state index < -0.39 is 34.8 Å². The summed E-state index contributed by atoms with van der Waals surface area (Å²) in [6.45, 7) is -1.86. The standard InChI is InChI=1S/C11H10ClF3N2O3/c12-5-6-16(7-11(13,14)15)10(18)8-3-1-2-4-9(8)17(19)20/h1-4H,5-7H2. The van der Waals surface area contributed by atoms with Crippen molar-refractivity contribution in [3.63, 3.8) is 0 Å². The fraction of sp³-hybridized carbons (Fsp3) is 0.364. The molecule has 0 aliphatic rings. The second-order valence-corrected chi connectivity index (χ2v) is 4.18. The minimum atomic E-state index is -4.61. The molecule has 1 amide bonds. The van der Waals surface area contributed by atoms with Crippen molar-refractivity contribution in [3.8, 4) is 0 Å². The lowest BCUT2D eigenvalue weighted by Gasteiger charge is -2.22. The van der Waals surface area contributed by atoms with Crippen molar-refractivity contribution < 1.29 is 22.9 Å². The first kappa shape index (κ1) is 16.2. The Morgan fingerprint density at radius 1 is 1.35 bits per heavy atom. The molecule has 1 aromatic carbocycles. The molecule has 0 spiro atoms. The molecule has 0 aliphatic carbocycles. The maximum Gasteiger partial charge on any atom is 0.406 e. The fourth-order valence-electron chi connectivity index (χ4n) is 1.55. The van der Waals surface area contributed by atoms with Gasteiger partial charge in [0.15, 0.2) is 0 Å². The summed E-state index contributed by atoms with van der Waals surface area (Å²) >= 11 is 5.36. The predicted molar refractivity (Wildman–Crippen MR) is 65.8 cm³/mol. The number of rotatable bonds is 5. The minimum Gasteiger partial charge on any atom is -0.328 e. The summed E-state index contributed by atoms with van der Waals surface area (Å²) in [7, 11) is 0. The van der Waals surface area contributed by atoms with Crippen LogP contribution in [-0.4, -0.2) is 40.9 Å². The minimum absolute atomic E-state index is 0.206. The van der Waals surface area contributed by atoms with Crippen molar-refractivity contribution >= 4 is 23.2 Å². The molecule has 5 nitrogen and oxygen atoms in total. The highest BCUT2D eigenvalue weighted by Crippen LogP contribution is 2.22. The molecule has 1 aromatic rings. The summed E-state index contributed by atoms with van der Waals surface area (Å²) in [5.74, 6) is -1.28. The number of carbonyl (C=O) groups excluding carboxylic acids is 1. The number of nitro groups is 1. The summed E-state index contributed by atoms with van der Waals surface area (Å²) in [6, 6.07) is 4.83. The van der Waals surface area contributed by atoms with Gasteiger partial charge in [-0.1, -0.05) is 12.1 Å². The van der Waals surface area contributed by atoms with Gasteiger partial charge in [-0.15, -0.1) is 11.6 Å². The third kappa shape index (κ3) is 4.37. The zero-order chi connectivity index (χ0) is 15.3. The highest BCUT2D eigenvalue weighted by Gasteiger charge is 2.34. The maximum absolute atomic E-state index is 12.4. The summed E-state index contributed by atoms with van der Waals surface area (Å²) in [5, 5.41) is 10.8. The van der Waals surface area contributed by atoms with Gasteiger partial charge in [0.05, 0.1) is 4.92 Å². The number of hydrogen-bond donors (Lipinski definition) is 0. The van der Waals surface area contributed by atoms with Gasteiger partial charge < -0.3 is 4.90 Å². The Morgan fingerprint density at radius 3 is 2.45 bits per heavy atom. The van der Waals surface area contributed by atoms with E-state index in [2.05, 4.69) is 0 Å². The van der Waals surface area contributed by atoms with Crippen LogP contribution in [0.15, 0.2) is 24.3 Å². The molecule has 0 saturated carbocycles. The summed E-state index contributed by atoms with van der Waals surface area (Å²) in [4.78, 5) is 22.4. The molecule has 20 heavy (non-hydrogen) atoms. The molecule has 110 valence electrons. The van der Waals surface area contributed by atoms with Crippen molar-refractivity contribution in [1.29, 1.82) is 0 Å². The van der Waals surface area contributed by atoms with Crippen LogP contribution in [0.25, 0.3) is 0 Å². The van der Waals surface area contributed by atoms with Gasteiger partial charge in [0.2, 0.25) is 0 Å². The second-order valence-electron chi connectivity index (χ2n) is 3.81. The van der Waals surface area contributed by atoms with Gasteiger partial charge in [-0.2, -0.15) is 13.2 Å². The Hall–Kier alpha value is -1.83. The Balaban J connectivity index is 3.09. The van der Waals surface area contributed by atoms with Crippen LogP contribution >= 0.6 is 11.6 Å². The van der Waals surface area contributed by atoms with Crippen LogP contribution in [0.1, 0.15) is 10.4 Å². The van der Waals surface area contributed by atoms with Crippen LogP contribution < -0.4 is 0 Å². The molecule has 1 rings (SSSR count). The van der Waals surface area contributed by atoms with E-state index in [0.29, 0.717) is 4.90 Å². The second kappa shape index (κ2) is 6.56. The van der Waals surface area contributed by atoms with Crippen LogP contribution in [0.5, 0.6) is 0 Å². The third-order valence-corrected chi connectivity index (χ3v) is 2.51. The van der Waals surface area contributed by atoms with Gasteiger partial charge in [-0.05, 0) is 6.07 Å². The van der Waals surface area contributed by atoms with Gasteiger partial charge in [0.25, 0.3) is 11.6 Å². The van der Waals surface area contributed by atoms with Crippen LogP contribution in [-0.2, 0) is 0 Å². The van der Waals surface area contributed by atoms with E-state index in [0.717, 1.165) is 12.1 Å². The molecule has 0 N–H and O–H groups in total. The largest absolute Gasteiger partial charge is 0.406 e. The van der Waals surface area contributed by atoms with Gasteiger partial charge in [0, 0.05) is 18.5 Å². The van der Waals surface area contributed by atoms with Crippen molar-refractivity contribution in [2.45, 2.75) is 6.18 Å². The molecule has 0 fully saturated rings. The van der Waals surface area contributed by atoms with E-state index >= 15 is 0 Å². The molecule has 0 atom stereocenters. The molecular formula is C11H10ClF3N2O3. The van der Waals surface area contributed by atoms with Crippen LogP contribution in [0.2, 0.25) is 0 Å². The Morgan fingerprint density at radius 2 is 1.95 bits per heavy atom. The average molecular weight is 311 g/mol. The lowest BCUT2D eigenvalue weighted by Crippen LogP contribution is -2.40. The lowest BCUT2D eigenvalue weighted by molar-refractivity contribution is -0.385. The van der Waals surface area contributed by atoms with Gasteiger partial charge in [0.1, 0.15) is 12.1 Å². The Labute approximate surface area is 117 Å². The SMILES string of the molecule is O=C(c1ccccc1[N+](=O)[O-])N(CCCl)CC(F)(F)F. The zero-order valence-electron chi connectivity index (χ0n) is 10.1. The lowest BCUT2D eigenvalue weighted by atomic mass is 10.1. The third-order valence-electron chi connectivity index (χ3n) is 2.34. The topological polar surface area (TPSA) is 63.4 Å². The van der Waals surface area contributed by atoms with Crippen molar-refractivity contribution in [2.75, 3.05) is 19.0 Å². The molecule has 0 aliphatic heterocycles. The van der Waals surface area contributed by atoms with Crippen LogP contribution in [0, 0.1) is 10.1 Å². The summed E-state index contributed by atoms with van der Waals surface area (Å²) < 4.78 is 37.2. The molecule has 0 aromatic heterocycles. The Bertz CT molecular complexity index is 508. The molecule has 9 heteroatoms. The van der Waals surface area contributed by atoms with Crippen molar-refractivity contribution in [3.05, 3.63) is 39.9 Å². The number of carbonyl (C=O) groups is 1. The molecule has 0 bridgehead atoms. The van der Waals surface area contributed by atoms with E-state index in [1.807, 2.05) is 0 Å². The van der Waals surface area contributed by atoms with E-state index in [1.54, 1.807) is 0 Å². The number of benzene rings is 1. The molecule has 0 saturated heterocycles. The number of nitrogens with zero attached hydrogens (tertiary/aromatic N) is 2. The van der Waals surface area contributed by atoms with Gasteiger partial charge in [-0.3, -0.25) is 14.9 Å². The predicted octanol–water partition coefficient (Wildman–Crippen LogP) is 2.84. The number of alkyl halides is 4. The van der Waals surface area contributed by atoms with Crippen LogP contribution in [0.4, 0.5) is 18.9 Å². The first-order chi connectivity index (χ1) is 9.26. The fourth-order valence-corrected chi connectivity index (χ4v) is 1.76. The summed E-state index contributed by atoms with van der Waals surface area (Å²) in [5.41, 5.74) is -0.939. The van der Waals surface area contributed by atoms with Crippen LogP contribution in [0.3, 0.4) is 0 Å². The molecule has 0 radical (unpaired) electrons. The quantitative estimate of drug-likeness (QED) is 0.477. The Kier molecular flexibility index (Phi) is 5.32. The molecular weight excluding hydrogens is 301 g/mol. The highest BCUT2D eigenvalue weighted by molar-refractivity contribution is 6.18. The number of para-hydroxylation sites is 1. The van der Waals surface area contributed by atoms with E-state index in [4.69, 9.17) is 11.6 Å². The zero-order valence-corrected chi connectivity index (χ0v) is 10.8. The average Bonchev–Trinajstić information content (AvgIpc) is 2.36. The van der Waals surface area contributed by atoms with Gasteiger partial charge in [-0.25, -0.2) is 0 Å². The highest BCUT2D eigenvalue weighted by atomic mass is 35.5. The van der Waals surface area contributed by atoms with Crippen molar-refractivity contribution in [1.82, 2.24) is 4.90 Å². The summed E-state index contributed by atoms with van der Waals surface area (Å²) in [6.07, 6.45) is -4.61. The monoisotopic (exact) mass is 310 g/mol. The van der Waals surface area contributed by atoms with E-state index in [-0.39, 0.29) is 12.4 Å². The van der Waals surface area contributed by atoms with Crippen molar-refractivity contribution in [2.24, 2.45) is 0 Å². The van der Waals surface area contributed by atoms with E-state index in [1.165, 1.54) is 12.1 Å². The number of nitro benzene ring substituents is 1. The molecule has 0 unspecified atom stereocenters. The molecule has 0 heterocycles. The maximum atomic E-state index is 12.4. The first-order valence-corrected chi connectivity index (χ1v) is 5.95. The van der Waals surface area contributed by atoms with E-state index in [9.17, 15) is 28.1 Å². The number of hydrogen-bond acceptors (Lipinski definition) is 3. The number of halogens is 4. The normalized spacial score (nSPS) is 11.2. The number of amides is 1.